The fourth-order valence-corrected chi connectivity index (χ4v) is 3.06. The van der Waals surface area contributed by atoms with Crippen LogP contribution in [0.15, 0.2) is 29.3 Å². The van der Waals surface area contributed by atoms with Crippen LogP contribution >= 0.6 is 0 Å². The van der Waals surface area contributed by atoms with Crippen LogP contribution in [0, 0.1) is 0 Å². The number of hydrogen-bond donors (Lipinski definition) is 0. The van der Waals surface area contributed by atoms with Crippen molar-refractivity contribution >= 4 is 10.9 Å². The Morgan fingerprint density at radius 1 is 1.33 bits per heavy atom. The fraction of sp³-hybridized carbons (Fsp3) is 0.500. The van der Waals surface area contributed by atoms with Crippen LogP contribution in [0.2, 0.25) is 0 Å². The van der Waals surface area contributed by atoms with Gasteiger partial charge in [0.15, 0.2) is 0 Å². The van der Waals surface area contributed by atoms with Gasteiger partial charge in [-0.1, -0.05) is 6.07 Å². The minimum Gasteiger partial charge on any atom is -0.496 e. The molecule has 0 aliphatic carbocycles. The highest BCUT2D eigenvalue weighted by molar-refractivity contribution is 5.83. The van der Waals surface area contributed by atoms with Gasteiger partial charge in [0.05, 0.1) is 19.0 Å². The Labute approximate surface area is 124 Å². The second-order valence-electron chi connectivity index (χ2n) is 5.67. The molecule has 0 radical (unpaired) electrons. The third kappa shape index (κ3) is 2.65. The number of likely N-dealkylation sites (tertiary alicyclic amines) is 1. The lowest BCUT2D eigenvalue weighted by atomic mass is 10.2. The summed E-state index contributed by atoms with van der Waals surface area (Å²) in [6.45, 7) is 5.22. The summed E-state index contributed by atoms with van der Waals surface area (Å²) in [7, 11) is 1.58. The Hall–Kier alpha value is -1.88. The third-order valence-corrected chi connectivity index (χ3v) is 4.19. The van der Waals surface area contributed by atoms with Crippen molar-refractivity contribution < 1.29 is 4.74 Å². The normalized spacial score (nSPS) is 17.2. The van der Waals surface area contributed by atoms with Crippen molar-refractivity contribution in [3.63, 3.8) is 0 Å². The highest BCUT2D eigenvalue weighted by Crippen LogP contribution is 2.21. The predicted molar refractivity (Wildman–Crippen MR) is 82.9 cm³/mol. The number of fused-ring (bicyclic) bond motifs is 1. The summed E-state index contributed by atoms with van der Waals surface area (Å²) in [6.07, 6.45) is 4.17. The highest BCUT2D eigenvalue weighted by Gasteiger charge is 2.18. The van der Waals surface area contributed by atoms with Gasteiger partial charge < -0.3 is 9.64 Å². The van der Waals surface area contributed by atoms with E-state index in [0.717, 1.165) is 19.6 Å². The molecule has 0 saturated carbocycles. The first-order chi connectivity index (χ1) is 10.2. The first-order valence-electron chi connectivity index (χ1n) is 7.47. The van der Waals surface area contributed by atoms with Crippen LogP contribution in [0.4, 0.5) is 0 Å². The van der Waals surface area contributed by atoms with Crippen LogP contribution in [-0.4, -0.2) is 41.2 Å². The molecular weight excluding hydrogens is 266 g/mol. The second kappa shape index (κ2) is 5.85. The van der Waals surface area contributed by atoms with E-state index in [1.54, 1.807) is 24.1 Å². The molecular formula is C16H21N3O2. The number of methoxy groups -OCH3 is 1. The summed E-state index contributed by atoms with van der Waals surface area (Å²) >= 11 is 0. The largest absolute Gasteiger partial charge is 0.496 e. The standard InChI is InChI=1S/C16H21N3O2/c1-12(10-18-8-3-4-9-18)19-11-17-13-6-5-7-14(21-2)15(13)16(19)20/h5-7,11-12H,3-4,8-10H2,1-2H3/t12-/m1/s1. The van der Waals surface area contributed by atoms with E-state index in [1.165, 1.54) is 12.8 Å². The average molecular weight is 287 g/mol. The van der Waals surface area contributed by atoms with Gasteiger partial charge in [0, 0.05) is 12.6 Å². The van der Waals surface area contributed by atoms with E-state index in [9.17, 15) is 4.79 Å². The lowest BCUT2D eigenvalue weighted by molar-refractivity contribution is 0.284. The Morgan fingerprint density at radius 3 is 2.81 bits per heavy atom. The van der Waals surface area contributed by atoms with E-state index >= 15 is 0 Å². The van der Waals surface area contributed by atoms with Crippen molar-refractivity contribution in [3.05, 3.63) is 34.9 Å². The summed E-state index contributed by atoms with van der Waals surface area (Å²) in [5.74, 6) is 0.590. The summed E-state index contributed by atoms with van der Waals surface area (Å²) < 4.78 is 7.04. The maximum atomic E-state index is 12.7. The maximum absolute atomic E-state index is 12.7. The van der Waals surface area contributed by atoms with Crippen molar-refractivity contribution in [3.8, 4) is 5.75 Å². The topological polar surface area (TPSA) is 47.4 Å². The summed E-state index contributed by atoms with van der Waals surface area (Å²) in [4.78, 5) is 19.6. The molecule has 1 saturated heterocycles. The SMILES string of the molecule is COc1cccc2ncn([C@H](C)CN3CCCC3)c(=O)c12. The van der Waals surface area contributed by atoms with Crippen LogP contribution < -0.4 is 10.3 Å². The van der Waals surface area contributed by atoms with Gasteiger partial charge in [-0.2, -0.15) is 0 Å². The number of nitrogens with zero attached hydrogens (tertiary/aromatic N) is 3. The Bertz CT molecular complexity index is 689. The molecule has 0 amide bonds. The first kappa shape index (κ1) is 14.1. The van der Waals surface area contributed by atoms with Gasteiger partial charge in [0.1, 0.15) is 11.1 Å². The van der Waals surface area contributed by atoms with E-state index in [0.29, 0.717) is 16.7 Å². The van der Waals surface area contributed by atoms with Crippen molar-refractivity contribution in [1.82, 2.24) is 14.5 Å². The van der Waals surface area contributed by atoms with E-state index in [1.807, 2.05) is 12.1 Å². The molecule has 0 N–H and O–H groups in total. The van der Waals surface area contributed by atoms with Gasteiger partial charge in [0.2, 0.25) is 0 Å². The molecule has 2 aromatic rings. The Morgan fingerprint density at radius 2 is 2.10 bits per heavy atom. The molecule has 112 valence electrons. The summed E-state index contributed by atoms with van der Waals surface area (Å²) in [5, 5.41) is 0.566. The minimum atomic E-state index is -0.0239. The predicted octanol–water partition coefficient (Wildman–Crippen LogP) is 2.06. The van der Waals surface area contributed by atoms with E-state index in [2.05, 4.69) is 16.8 Å². The third-order valence-electron chi connectivity index (χ3n) is 4.19. The van der Waals surface area contributed by atoms with Crippen LogP contribution in [0.1, 0.15) is 25.8 Å². The zero-order chi connectivity index (χ0) is 14.8. The quantitative estimate of drug-likeness (QED) is 0.863. The van der Waals surface area contributed by atoms with Crippen LogP contribution in [-0.2, 0) is 0 Å². The smallest absolute Gasteiger partial charge is 0.265 e. The molecule has 1 aliphatic heterocycles. The molecule has 1 atom stereocenters. The van der Waals surface area contributed by atoms with Gasteiger partial charge >= 0.3 is 0 Å². The number of rotatable bonds is 4. The lowest BCUT2D eigenvalue weighted by Crippen LogP contribution is -2.32. The molecule has 5 nitrogen and oxygen atoms in total. The maximum Gasteiger partial charge on any atom is 0.265 e. The minimum absolute atomic E-state index is 0.0239. The molecule has 21 heavy (non-hydrogen) atoms. The number of ether oxygens (including phenoxy) is 1. The van der Waals surface area contributed by atoms with Gasteiger partial charge in [-0.3, -0.25) is 9.36 Å². The van der Waals surface area contributed by atoms with Crippen molar-refractivity contribution in [2.45, 2.75) is 25.8 Å². The molecule has 1 fully saturated rings. The van der Waals surface area contributed by atoms with Crippen molar-refractivity contribution in [2.75, 3.05) is 26.7 Å². The lowest BCUT2D eigenvalue weighted by Gasteiger charge is -2.22. The number of aromatic nitrogens is 2. The molecule has 3 rings (SSSR count). The van der Waals surface area contributed by atoms with Crippen molar-refractivity contribution in [2.24, 2.45) is 0 Å². The number of benzene rings is 1. The zero-order valence-electron chi connectivity index (χ0n) is 12.6. The van der Waals surface area contributed by atoms with E-state index < -0.39 is 0 Å². The van der Waals surface area contributed by atoms with Crippen LogP contribution in [0.5, 0.6) is 5.75 Å². The molecule has 0 unspecified atom stereocenters. The average Bonchev–Trinajstić information content (AvgIpc) is 2.99. The molecule has 1 aliphatic rings. The summed E-state index contributed by atoms with van der Waals surface area (Å²) in [6, 6.07) is 5.61. The van der Waals surface area contributed by atoms with Gasteiger partial charge in [-0.05, 0) is 45.0 Å². The fourth-order valence-electron chi connectivity index (χ4n) is 3.06. The molecule has 1 aromatic heterocycles. The van der Waals surface area contributed by atoms with Gasteiger partial charge in [-0.15, -0.1) is 0 Å². The highest BCUT2D eigenvalue weighted by atomic mass is 16.5. The van der Waals surface area contributed by atoms with E-state index in [-0.39, 0.29) is 11.6 Å². The van der Waals surface area contributed by atoms with Crippen molar-refractivity contribution in [1.29, 1.82) is 0 Å². The molecule has 0 bridgehead atoms. The second-order valence-corrected chi connectivity index (χ2v) is 5.67. The summed E-state index contributed by atoms with van der Waals surface area (Å²) in [5.41, 5.74) is 0.660. The molecule has 5 heteroatoms. The van der Waals surface area contributed by atoms with Gasteiger partial charge in [0.25, 0.3) is 5.56 Å². The Kier molecular flexibility index (Phi) is 3.92. The van der Waals surface area contributed by atoms with Crippen LogP contribution in [0.25, 0.3) is 10.9 Å². The molecule has 2 heterocycles. The molecule has 1 aromatic carbocycles. The molecule has 0 spiro atoms. The zero-order valence-corrected chi connectivity index (χ0v) is 12.6. The monoisotopic (exact) mass is 287 g/mol. The van der Waals surface area contributed by atoms with Gasteiger partial charge in [-0.25, -0.2) is 4.98 Å². The Balaban J connectivity index is 1.98. The first-order valence-corrected chi connectivity index (χ1v) is 7.47. The van der Waals surface area contributed by atoms with E-state index in [4.69, 9.17) is 4.74 Å². The number of hydrogen-bond acceptors (Lipinski definition) is 4. The van der Waals surface area contributed by atoms with Crippen LogP contribution in [0.3, 0.4) is 0 Å².